The third kappa shape index (κ3) is 4.90. The highest BCUT2D eigenvalue weighted by Crippen LogP contribution is 2.16. The predicted octanol–water partition coefficient (Wildman–Crippen LogP) is 1.29. The number of rotatable bonds is 5. The van der Waals surface area contributed by atoms with Crippen LogP contribution in [0.1, 0.15) is 40.0 Å². The zero-order valence-electron chi connectivity index (χ0n) is 11.7. The molecule has 1 unspecified atom stereocenters. The maximum absolute atomic E-state index is 11.9. The van der Waals surface area contributed by atoms with Crippen LogP contribution in [0.4, 0.5) is 0 Å². The summed E-state index contributed by atoms with van der Waals surface area (Å²) < 4.78 is 0. The van der Waals surface area contributed by atoms with Gasteiger partial charge in [-0.2, -0.15) is 0 Å². The third-order valence-electron chi connectivity index (χ3n) is 3.64. The van der Waals surface area contributed by atoms with Gasteiger partial charge >= 0.3 is 0 Å². The number of thiocarbonyl (C=S) groups is 1. The summed E-state index contributed by atoms with van der Waals surface area (Å²) in [5.74, 6) is 0.353. The Hall–Kier alpha value is -0.680. The standard InChI is InChI=1S/C13H25N3OS/c1-4-13(2,3)15-11(17)9-16-7-5-6-10(8-16)12(14)18/h10H,4-9H2,1-3H3,(H2,14,18)(H,15,17). The van der Waals surface area contributed by atoms with Gasteiger partial charge in [0.2, 0.25) is 5.91 Å². The molecule has 1 atom stereocenters. The van der Waals surface area contributed by atoms with Crippen molar-refractivity contribution in [1.82, 2.24) is 10.2 Å². The van der Waals surface area contributed by atoms with Crippen molar-refractivity contribution >= 4 is 23.1 Å². The summed E-state index contributed by atoms with van der Waals surface area (Å²) in [4.78, 5) is 14.7. The minimum absolute atomic E-state index is 0.0884. The van der Waals surface area contributed by atoms with E-state index >= 15 is 0 Å². The molecule has 1 heterocycles. The molecule has 1 saturated heterocycles. The second kappa shape index (κ2) is 6.48. The van der Waals surface area contributed by atoms with Crippen LogP contribution >= 0.6 is 12.2 Å². The summed E-state index contributed by atoms with van der Waals surface area (Å²) in [5, 5.41) is 3.05. The van der Waals surface area contributed by atoms with E-state index in [-0.39, 0.29) is 17.4 Å². The van der Waals surface area contributed by atoms with E-state index < -0.39 is 0 Å². The fraction of sp³-hybridized carbons (Fsp3) is 0.846. The second-order valence-corrected chi connectivity index (χ2v) is 6.23. The van der Waals surface area contributed by atoms with Crippen LogP contribution in [0, 0.1) is 5.92 Å². The van der Waals surface area contributed by atoms with Crippen LogP contribution in [0.2, 0.25) is 0 Å². The molecule has 18 heavy (non-hydrogen) atoms. The average Bonchev–Trinajstić information content (AvgIpc) is 2.28. The fourth-order valence-corrected chi connectivity index (χ4v) is 2.33. The van der Waals surface area contributed by atoms with Crippen molar-refractivity contribution in [3.05, 3.63) is 0 Å². The summed E-state index contributed by atoms with van der Waals surface area (Å²) in [6, 6.07) is 0. The molecular weight excluding hydrogens is 246 g/mol. The van der Waals surface area contributed by atoms with Gasteiger partial charge in [0.1, 0.15) is 0 Å². The Morgan fingerprint density at radius 1 is 1.56 bits per heavy atom. The van der Waals surface area contributed by atoms with E-state index in [1.54, 1.807) is 0 Å². The summed E-state index contributed by atoms with van der Waals surface area (Å²) in [6.45, 7) is 8.37. The zero-order valence-corrected chi connectivity index (χ0v) is 12.5. The van der Waals surface area contributed by atoms with Gasteiger partial charge in [-0.25, -0.2) is 0 Å². The number of hydrogen-bond donors (Lipinski definition) is 2. The molecule has 0 radical (unpaired) electrons. The van der Waals surface area contributed by atoms with E-state index in [1.807, 2.05) is 13.8 Å². The van der Waals surface area contributed by atoms with Crippen LogP contribution in [-0.2, 0) is 4.79 Å². The Morgan fingerprint density at radius 3 is 2.78 bits per heavy atom. The van der Waals surface area contributed by atoms with Crippen LogP contribution in [-0.4, -0.2) is 41.0 Å². The average molecular weight is 271 g/mol. The number of carbonyl (C=O) groups excluding carboxylic acids is 1. The van der Waals surface area contributed by atoms with Gasteiger partial charge in [-0.3, -0.25) is 9.69 Å². The Balaban J connectivity index is 2.42. The topological polar surface area (TPSA) is 58.4 Å². The summed E-state index contributed by atoms with van der Waals surface area (Å²) >= 11 is 5.04. The Morgan fingerprint density at radius 2 is 2.22 bits per heavy atom. The lowest BCUT2D eigenvalue weighted by atomic mass is 9.98. The van der Waals surface area contributed by atoms with Crippen LogP contribution < -0.4 is 11.1 Å². The normalized spacial score (nSPS) is 21.6. The van der Waals surface area contributed by atoms with Crippen molar-refractivity contribution in [3.8, 4) is 0 Å². The minimum Gasteiger partial charge on any atom is -0.393 e. The summed E-state index contributed by atoms with van der Waals surface area (Å²) in [5.41, 5.74) is 5.56. The van der Waals surface area contributed by atoms with Crippen molar-refractivity contribution in [3.63, 3.8) is 0 Å². The first-order valence-corrected chi connectivity index (χ1v) is 7.07. The largest absolute Gasteiger partial charge is 0.393 e. The van der Waals surface area contributed by atoms with E-state index in [1.165, 1.54) is 0 Å². The van der Waals surface area contributed by atoms with E-state index in [9.17, 15) is 4.79 Å². The number of nitrogens with zero attached hydrogens (tertiary/aromatic N) is 1. The lowest BCUT2D eigenvalue weighted by Gasteiger charge is -2.33. The first-order valence-electron chi connectivity index (χ1n) is 6.66. The highest BCUT2D eigenvalue weighted by atomic mass is 32.1. The quantitative estimate of drug-likeness (QED) is 0.740. The number of piperidine rings is 1. The molecule has 3 N–H and O–H groups in total. The van der Waals surface area contributed by atoms with Crippen LogP contribution in [0.5, 0.6) is 0 Å². The van der Waals surface area contributed by atoms with E-state index in [4.69, 9.17) is 18.0 Å². The molecule has 0 aromatic rings. The summed E-state index contributed by atoms with van der Waals surface area (Å²) in [7, 11) is 0. The van der Waals surface area contributed by atoms with Crippen LogP contribution in [0.25, 0.3) is 0 Å². The van der Waals surface area contributed by atoms with Crippen LogP contribution in [0.3, 0.4) is 0 Å². The molecule has 4 nitrogen and oxygen atoms in total. The predicted molar refractivity (Wildman–Crippen MR) is 78.5 cm³/mol. The van der Waals surface area contributed by atoms with Gasteiger partial charge in [0.25, 0.3) is 0 Å². The molecule has 1 amide bonds. The van der Waals surface area contributed by atoms with Gasteiger partial charge in [0, 0.05) is 18.0 Å². The molecular formula is C13H25N3OS. The number of nitrogens with two attached hydrogens (primary N) is 1. The molecule has 0 bridgehead atoms. The number of likely N-dealkylation sites (tertiary alicyclic amines) is 1. The van der Waals surface area contributed by atoms with Crippen molar-refractivity contribution < 1.29 is 4.79 Å². The lowest BCUT2D eigenvalue weighted by molar-refractivity contribution is -0.124. The maximum atomic E-state index is 11.9. The number of carbonyl (C=O) groups is 1. The van der Waals surface area contributed by atoms with Crippen molar-refractivity contribution in [2.24, 2.45) is 11.7 Å². The molecule has 1 aliphatic heterocycles. The Kier molecular flexibility index (Phi) is 5.53. The van der Waals surface area contributed by atoms with E-state index in [0.717, 1.165) is 32.4 Å². The van der Waals surface area contributed by atoms with Crippen molar-refractivity contribution in [2.75, 3.05) is 19.6 Å². The molecule has 0 aromatic carbocycles. The van der Waals surface area contributed by atoms with Crippen molar-refractivity contribution in [2.45, 2.75) is 45.6 Å². The third-order valence-corrected chi connectivity index (χ3v) is 3.97. The zero-order chi connectivity index (χ0) is 13.8. The molecule has 0 aliphatic carbocycles. The molecule has 5 heteroatoms. The molecule has 1 rings (SSSR count). The minimum atomic E-state index is -0.130. The van der Waals surface area contributed by atoms with Gasteiger partial charge in [0.05, 0.1) is 11.5 Å². The lowest BCUT2D eigenvalue weighted by Crippen LogP contribution is -2.50. The molecule has 0 spiro atoms. The molecule has 0 aromatic heterocycles. The van der Waals surface area contributed by atoms with Gasteiger partial charge in [-0.1, -0.05) is 19.1 Å². The maximum Gasteiger partial charge on any atom is 0.234 e. The number of hydrogen-bond acceptors (Lipinski definition) is 3. The highest BCUT2D eigenvalue weighted by molar-refractivity contribution is 7.80. The smallest absolute Gasteiger partial charge is 0.234 e. The van der Waals surface area contributed by atoms with Crippen molar-refractivity contribution in [1.29, 1.82) is 0 Å². The molecule has 104 valence electrons. The van der Waals surface area contributed by atoms with Gasteiger partial charge < -0.3 is 11.1 Å². The number of amides is 1. The summed E-state index contributed by atoms with van der Waals surface area (Å²) in [6.07, 6.45) is 3.04. The fourth-order valence-electron chi connectivity index (χ4n) is 2.14. The van der Waals surface area contributed by atoms with E-state index in [2.05, 4.69) is 17.1 Å². The SMILES string of the molecule is CCC(C)(C)NC(=O)CN1CCCC(C(N)=S)C1. The monoisotopic (exact) mass is 271 g/mol. The highest BCUT2D eigenvalue weighted by Gasteiger charge is 2.25. The van der Waals surface area contributed by atoms with Gasteiger partial charge in [-0.15, -0.1) is 0 Å². The van der Waals surface area contributed by atoms with E-state index in [0.29, 0.717) is 11.5 Å². The molecule has 0 saturated carbocycles. The Labute approximate surface area is 115 Å². The van der Waals surface area contributed by atoms with Crippen LogP contribution in [0.15, 0.2) is 0 Å². The first kappa shape index (κ1) is 15.4. The molecule has 1 aliphatic rings. The second-order valence-electron chi connectivity index (χ2n) is 5.76. The Bertz CT molecular complexity index is 317. The first-order chi connectivity index (χ1) is 8.34. The van der Waals surface area contributed by atoms with Gasteiger partial charge in [0.15, 0.2) is 0 Å². The molecule has 1 fully saturated rings. The number of nitrogens with one attached hydrogen (secondary N) is 1. The van der Waals surface area contributed by atoms with Gasteiger partial charge in [-0.05, 0) is 39.7 Å².